The van der Waals surface area contributed by atoms with E-state index in [2.05, 4.69) is 41.4 Å². The van der Waals surface area contributed by atoms with Crippen LogP contribution in [-0.4, -0.2) is 36.6 Å². The summed E-state index contributed by atoms with van der Waals surface area (Å²) >= 11 is 0. The second-order valence-corrected chi connectivity index (χ2v) is 4.09. The van der Waals surface area contributed by atoms with Gasteiger partial charge in [0.05, 0.1) is 0 Å². The van der Waals surface area contributed by atoms with Crippen LogP contribution in [-0.2, 0) is 0 Å². The highest BCUT2D eigenvalue weighted by Crippen LogP contribution is 2.24. The molecule has 72 valence electrons. The van der Waals surface area contributed by atoms with Crippen molar-refractivity contribution in [2.75, 3.05) is 26.2 Å². The van der Waals surface area contributed by atoms with Crippen molar-refractivity contribution in [1.29, 1.82) is 0 Å². The molecule has 2 aliphatic rings. The third kappa shape index (κ3) is 1.84. The van der Waals surface area contributed by atoms with Crippen molar-refractivity contribution >= 4 is 0 Å². The highest BCUT2D eigenvalue weighted by molar-refractivity contribution is 5.20. The SMILES string of the molecule is CC1(N2CCNCC2)C=CC=CC1. The van der Waals surface area contributed by atoms with E-state index in [-0.39, 0.29) is 5.54 Å². The van der Waals surface area contributed by atoms with Gasteiger partial charge in [0.15, 0.2) is 0 Å². The molecule has 0 saturated carbocycles. The zero-order valence-electron chi connectivity index (χ0n) is 8.29. The smallest absolute Gasteiger partial charge is 0.0401 e. The molecule has 0 aromatic carbocycles. The van der Waals surface area contributed by atoms with Crippen LogP contribution in [0.4, 0.5) is 0 Å². The molecule has 0 aromatic rings. The Morgan fingerprint density at radius 2 is 2.00 bits per heavy atom. The third-order valence-electron chi connectivity index (χ3n) is 3.07. The average molecular weight is 178 g/mol. The Morgan fingerprint density at radius 3 is 2.62 bits per heavy atom. The lowest BCUT2D eigenvalue weighted by atomic mass is 9.91. The van der Waals surface area contributed by atoms with Gasteiger partial charge in [-0.05, 0) is 13.3 Å². The van der Waals surface area contributed by atoms with Gasteiger partial charge in [0.25, 0.3) is 0 Å². The van der Waals surface area contributed by atoms with E-state index in [0.29, 0.717) is 0 Å². The predicted octanol–water partition coefficient (Wildman–Crippen LogP) is 1.17. The van der Waals surface area contributed by atoms with Gasteiger partial charge >= 0.3 is 0 Å². The topological polar surface area (TPSA) is 15.3 Å². The molecule has 1 fully saturated rings. The monoisotopic (exact) mass is 178 g/mol. The minimum Gasteiger partial charge on any atom is -0.314 e. The molecular formula is C11H18N2. The Hall–Kier alpha value is -0.600. The van der Waals surface area contributed by atoms with Gasteiger partial charge in [-0.1, -0.05) is 24.3 Å². The summed E-state index contributed by atoms with van der Waals surface area (Å²) in [6.45, 7) is 6.95. The maximum Gasteiger partial charge on any atom is 0.0401 e. The molecule has 1 heterocycles. The first kappa shape index (κ1) is 8.97. The van der Waals surface area contributed by atoms with Crippen molar-refractivity contribution in [3.63, 3.8) is 0 Å². The summed E-state index contributed by atoms with van der Waals surface area (Å²) in [5.41, 5.74) is 0.275. The normalized spacial score (nSPS) is 35.2. The van der Waals surface area contributed by atoms with Gasteiger partial charge < -0.3 is 5.32 Å². The van der Waals surface area contributed by atoms with E-state index in [4.69, 9.17) is 0 Å². The van der Waals surface area contributed by atoms with Gasteiger partial charge in [0.2, 0.25) is 0 Å². The van der Waals surface area contributed by atoms with Gasteiger partial charge in [0, 0.05) is 31.7 Å². The van der Waals surface area contributed by atoms with E-state index < -0.39 is 0 Å². The maximum absolute atomic E-state index is 3.39. The summed E-state index contributed by atoms with van der Waals surface area (Å²) < 4.78 is 0. The molecule has 2 nitrogen and oxygen atoms in total. The van der Waals surface area contributed by atoms with E-state index in [1.54, 1.807) is 0 Å². The third-order valence-corrected chi connectivity index (χ3v) is 3.07. The van der Waals surface area contributed by atoms with Crippen molar-refractivity contribution in [1.82, 2.24) is 10.2 Å². The summed E-state index contributed by atoms with van der Waals surface area (Å²) in [5, 5.41) is 3.39. The standard InChI is InChI=1S/C11H18N2/c1-11(5-3-2-4-6-11)13-9-7-12-8-10-13/h2-5,12H,6-10H2,1H3. The van der Waals surface area contributed by atoms with Crippen LogP contribution in [0, 0.1) is 0 Å². The second-order valence-electron chi connectivity index (χ2n) is 4.09. The van der Waals surface area contributed by atoms with Gasteiger partial charge in [-0.25, -0.2) is 0 Å². The molecule has 1 saturated heterocycles. The van der Waals surface area contributed by atoms with Crippen molar-refractivity contribution in [3.8, 4) is 0 Å². The van der Waals surface area contributed by atoms with Crippen LogP contribution in [0.15, 0.2) is 24.3 Å². The number of rotatable bonds is 1. The van der Waals surface area contributed by atoms with E-state index in [1.165, 1.54) is 13.1 Å². The largest absolute Gasteiger partial charge is 0.314 e. The van der Waals surface area contributed by atoms with Crippen molar-refractivity contribution in [3.05, 3.63) is 24.3 Å². The molecule has 1 aliphatic heterocycles. The van der Waals surface area contributed by atoms with Gasteiger partial charge in [0.1, 0.15) is 0 Å². The molecule has 2 rings (SSSR count). The first-order valence-electron chi connectivity index (χ1n) is 5.11. The zero-order chi connectivity index (χ0) is 9.15. The molecule has 1 aliphatic carbocycles. The Balaban J connectivity index is 2.04. The highest BCUT2D eigenvalue weighted by atomic mass is 15.2. The first-order valence-corrected chi connectivity index (χ1v) is 5.11. The Kier molecular flexibility index (Phi) is 2.51. The molecule has 0 amide bonds. The molecule has 0 bridgehead atoms. The van der Waals surface area contributed by atoms with Crippen LogP contribution in [0.1, 0.15) is 13.3 Å². The van der Waals surface area contributed by atoms with Crippen molar-refractivity contribution in [2.24, 2.45) is 0 Å². The summed E-state index contributed by atoms with van der Waals surface area (Å²) in [7, 11) is 0. The van der Waals surface area contributed by atoms with Gasteiger partial charge in [-0.15, -0.1) is 0 Å². The van der Waals surface area contributed by atoms with E-state index in [0.717, 1.165) is 19.5 Å². The lowest BCUT2D eigenvalue weighted by Crippen LogP contribution is -2.54. The summed E-state index contributed by atoms with van der Waals surface area (Å²) in [6.07, 6.45) is 10.1. The predicted molar refractivity (Wildman–Crippen MR) is 55.7 cm³/mol. The average Bonchev–Trinajstić information content (AvgIpc) is 2.20. The summed E-state index contributed by atoms with van der Waals surface area (Å²) in [4.78, 5) is 2.57. The van der Waals surface area contributed by atoms with Crippen LogP contribution in [0.2, 0.25) is 0 Å². The quantitative estimate of drug-likeness (QED) is 0.648. The fourth-order valence-electron chi connectivity index (χ4n) is 2.13. The number of nitrogens with one attached hydrogen (secondary N) is 1. The number of nitrogens with zero attached hydrogens (tertiary/aromatic N) is 1. The molecular weight excluding hydrogens is 160 g/mol. The Bertz CT molecular complexity index is 226. The van der Waals surface area contributed by atoms with Gasteiger partial charge in [-0.3, -0.25) is 4.90 Å². The fourth-order valence-corrected chi connectivity index (χ4v) is 2.13. The van der Waals surface area contributed by atoms with Crippen LogP contribution >= 0.6 is 0 Å². The van der Waals surface area contributed by atoms with Crippen molar-refractivity contribution < 1.29 is 0 Å². The lowest BCUT2D eigenvalue weighted by molar-refractivity contribution is 0.128. The second kappa shape index (κ2) is 3.64. The number of piperazine rings is 1. The molecule has 1 atom stereocenters. The molecule has 13 heavy (non-hydrogen) atoms. The molecule has 0 aromatic heterocycles. The summed E-state index contributed by atoms with van der Waals surface area (Å²) in [5.74, 6) is 0. The Labute approximate surface area is 80.3 Å². The van der Waals surface area contributed by atoms with Crippen LogP contribution in [0.5, 0.6) is 0 Å². The van der Waals surface area contributed by atoms with Crippen molar-refractivity contribution in [2.45, 2.75) is 18.9 Å². The lowest BCUT2D eigenvalue weighted by Gasteiger charge is -2.42. The van der Waals surface area contributed by atoms with Gasteiger partial charge in [-0.2, -0.15) is 0 Å². The molecule has 1 N–H and O–H groups in total. The minimum atomic E-state index is 0.275. The van der Waals surface area contributed by atoms with E-state index in [9.17, 15) is 0 Å². The maximum atomic E-state index is 3.39. The fraction of sp³-hybridized carbons (Fsp3) is 0.636. The zero-order valence-corrected chi connectivity index (χ0v) is 8.29. The van der Waals surface area contributed by atoms with Crippen LogP contribution in [0.3, 0.4) is 0 Å². The summed E-state index contributed by atoms with van der Waals surface area (Å²) in [6, 6.07) is 0. The van der Waals surface area contributed by atoms with Crippen LogP contribution in [0.25, 0.3) is 0 Å². The molecule has 2 heteroatoms. The number of allylic oxidation sites excluding steroid dienone is 2. The van der Waals surface area contributed by atoms with E-state index >= 15 is 0 Å². The molecule has 1 unspecified atom stereocenters. The van der Waals surface area contributed by atoms with E-state index in [1.807, 2.05) is 0 Å². The van der Waals surface area contributed by atoms with Crippen LogP contribution < -0.4 is 5.32 Å². The first-order chi connectivity index (χ1) is 6.31. The molecule has 0 radical (unpaired) electrons. The molecule has 0 spiro atoms. The Morgan fingerprint density at radius 1 is 1.23 bits per heavy atom. The number of hydrogen-bond donors (Lipinski definition) is 1. The minimum absolute atomic E-state index is 0.275. The highest BCUT2D eigenvalue weighted by Gasteiger charge is 2.29. The number of hydrogen-bond acceptors (Lipinski definition) is 2.